The molecule has 0 radical (unpaired) electrons. The van der Waals surface area contributed by atoms with E-state index in [1.165, 1.54) is 0 Å². The molecule has 0 unspecified atom stereocenters. The zero-order chi connectivity index (χ0) is 17.7. The van der Waals surface area contributed by atoms with Crippen LogP contribution in [-0.4, -0.2) is 11.1 Å². The Balaban J connectivity index is 3.53. The van der Waals surface area contributed by atoms with Crippen LogP contribution in [-0.2, 0) is 4.79 Å². The number of terminal acetylenes is 1. The van der Waals surface area contributed by atoms with E-state index in [1.54, 1.807) is 6.08 Å². The third-order valence-electron chi connectivity index (χ3n) is 2.93. The van der Waals surface area contributed by atoms with E-state index < -0.39 is 5.97 Å². The summed E-state index contributed by atoms with van der Waals surface area (Å²) in [5, 5.41) is 8.49. The van der Waals surface area contributed by atoms with Gasteiger partial charge in [0, 0.05) is 6.42 Å². The van der Waals surface area contributed by atoms with E-state index in [2.05, 4.69) is 54.5 Å². The highest BCUT2D eigenvalue weighted by Crippen LogP contribution is 1.97. The second-order valence-electron chi connectivity index (χ2n) is 5.04. The molecule has 0 aromatic heterocycles. The summed E-state index contributed by atoms with van der Waals surface area (Å²) in [5.74, 6) is 1.71. The highest BCUT2D eigenvalue weighted by atomic mass is 16.4. The lowest BCUT2D eigenvalue weighted by Gasteiger charge is -1.87. The lowest BCUT2D eigenvalue weighted by Crippen LogP contribution is -1.91. The number of allylic oxidation sites excluding steroid dienone is 12. The van der Waals surface area contributed by atoms with Gasteiger partial charge in [0.1, 0.15) is 0 Å². The van der Waals surface area contributed by atoms with Gasteiger partial charge < -0.3 is 5.11 Å². The summed E-state index contributed by atoms with van der Waals surface area (Å²) >= 11 is 0. The molecule has 0 bridgehead atoms. The quantitative estimate of drug-likeness (QED) is 0.345. The summed E-state index contributed by atoms with van der Waals surface area (Å²) in [6.45, 7) is 0. The molecule has 0 fully saturated rings. The third kappa shape index (κ3) is 19.5. The van der Waals surface area contributed by atoms with E-state index in [-0.39, 0.29) is 6.42 Å². The summed E-state index contributed by atoms with van der Waals surface area (Å²) in [6.07, 6.45) is 35.2. The van der Waals surface area contributed by atoms with Crippen LogP contribution < -0.4 is 0 Å². The van der Waals surface area contributed by atoms with Gasteiger partial charge in [0.05, 0.1) is 0 Å². The molecule has 1 N–H and O–H groups in total. The van der Waals surface area contributed by atoms with Crippen LogP contribution in [0.25, 0.3) is 0 Å². The molecule has 0 rings (SSSR count). The maximum Gasteiger partial charge on any atom is 0.303 e. The highest BCUT2D eigenvalue weighted by Gasteiger charge is 1.90. The van der Waals surface area contributed by atoms with Gasteiger partial charge in [-0.1, -0.05) is 72.8 Å². The summed E-state index contributed by atoms with van der Waals surface area (Å²) in [7, 11) is 0. The Kier molecular flexibility index (Phi) is 16.6. The average molecular weight is 324 g/mol. The number of carbonyl (C=O) groups is 1. The maximum atomic E-state index is 10.3. The molecule has 0 aromatic rings. The van der Waals surface area contributed by atoms with Crippen molar-refractivity contribution in [3.05, 3.63) is 72.9 Å². The molecule has 128 valence electrons. The van der Waals surface area contributed by atoms with Crippen molar-refractivity contribution in [2.24, 2.45) is 0 Å². The van der Waals surface area contributed by atoms with Gasteiger partial charge in [0.15, 0.2) is 0 Å². The van der Waals surface area contributed by atoms with Crippen molar-refractivity contribution in [1.29, 1.82) is 0 Å². The molecular weight excluding hydrogens is 296 g/mol. The second kappa shape index (κ2) is 18.5. The monoisotopic (exact) mass is 324 g/mol. The molecule has 0 spiro atoms. The van der Waals surface area contributed by atoms with Crippen LogP contribution in [0.1, 0.15) is 44.9 Å². The first-order valence-electron chi connectivity index (χ1n) is 8.35. The van der Waals surface area contributed by atoms with Crippen molar-refractivity contribution < 1.29 is 9.90 Å². The predicted octanol–water partition coefficient (Wildman–Crippen LogP) is 5.77. The Bertz CT molecular complexity index is 523. The molecule has 0 amide bonds. The molecule has 0 aliphatic carbocycles. The first-order chi connectivity index (χ1) is 11.8. The number of hydrogen-bond donors (Lipinski definition) is 1. The van der Waals surface area contributed by atoms with E-state index in [9.17, 15) is 4.79 Å². The van der Waals surface area contributed by atoms with Gasteiger partial charge >= 0.3 is 5.97 Å². The van der Waals surface area contributed by atoms with Gasteiger partial charge in [-0.25, -0.2) is 0 Å². The van der Waals surface area contributed by atoms with Gasteiger partial charge in [-0.2, -0.15) is 0 Å². The van der Waals surface area contributed by atoms with Crippen molar-refractivity contribution in [3.63, 3.8) is 0 Å². The Morgan fingerprint density at radius 3 is 1.46 bits per heavy atom. The Labute approximate surface area is 146 Å². The maximum absolute atomic E-state index is 10.3. The summed E-state index contributed by atoms with van der Waals surface area (Å²) in [5.41, 5.74) is 0. The standard InChI is InChI=1S/C22H28O2/c1-2-3-4-5-6-7-8-9-10-11-12-13-14-15-16-17-18-19-20-21-22(23)24/h1,3-4,6-7,9-10,12-13,15-16,18-19H,5,8,11,14,17,20-21H2,(H,23,24). The van der Waals surface area contributed by atoms with Crippen molar-refractivity contribution in [1.82, 2.24) is 0 Å². The molecule has 0 heterocycles. The van der Waals surface area contributed by atoms with E-state index in [0.717, 1.165) is 32.1 Å². The number of carboxylic acid groups (broad SMARTS) is 1. The SMILES string of the molecule is C#CC=CCC=CCC=CCC=CCC=CCC=CCCC(=O)O. The fourth-order valence-corrected chi connectivity index (χ4v) is 1.72. The number of carboxylic acids is 1. The van der Waals surface area contributed by atoms with Crippen LogP contribution in [0, 0.1) is 12.3 Å². The van der Waals surface area contributed by atoms with Gasteiger partial charge in [-0.05, 0) is 44.6 Å². The normalized spacial score (nSPS) is 12.6. The first kappa shape index (κ1) is 21.5. The minimum Gasteiger partial charge on any atom is -0.481 e. The van der Waals surface area contributed by atoms with Gasteiger partial charge in [-0.3, -0.25) is 4.79 Å². The first-order valence-corrected chi connectivity index (χ1v) is 8.35. The fourth-order valence-electron chi connectivity index (χ4n) is 1.72. The number of hydrogen-bond acceptors (Lipinski definition) is 1. The van der Waals surface area contributed by atoms with E-state index in [4.69, 9.17) is 11.5 Å². The van der Waals surface area contributed by atoms with Crippen LogP contribution in [0.4, 0.5) is 0 Å². The third-order valence-corrected chi connectivity index (χ3v) is 2.93. The largest absolute Gasteiger partial charge is 0.481 e. The van der Waals surface area contributed by atoms with Crippen LogP contribution in [0.3, 0.4) is 0 Å². The molecule has 2 heteroatoms. The van der Waals surface area contributed by atoms with Crippen molar-refractivity contribution >= 4 is 5.97 Å². The van der Waals surface area contributed by atoms with Crippen molar-refractivity contribution in [2.75, 3.05) is 0 Å². The Morgan fingerprint density at radius 2 is 1.08 bits per heavy atom. The smallest absolute Gasteiger partial charge is 0.303 e. The zero-order valence-electron chi connectivity index (χ0n) is 14.3. The van der Waals surface area contributed by atoms with Gasteiger partial charge in [-0.15, -0.1) is 6.42 Å². The van der Waals surface area contributed by atoms with E-state index >= 15 is 0 Å². The minimum absolute atomic E-state index is 0.203. The fraction of sp³-hybridized carbons (Fsp3) is 0.318. The van der Waals surface area contributed by atoms with Crippen LogP contribution in [0.15, 0.2) is 72.9 Å². The number of aliphatic carboxylic acids is 1. The second-order valence-corrected chi connectivity index (χ2v) is 5.04. The Morgan fingerprint density at radius 1 is 0.708 bits per heavy atom. The van der Waals surface area contributed by atoms with Gasteiger partial charge in [0.25, 0.3) is 0 Å². The minimum atomic E-state index is -0.748. The van der Waals surface area contributed by atoms with Crippen molar-refractivity contribution in [2.45, 2.75) is 44.9 Å². The van der Waals surface area contributed by atoms with E-state index in [1.807, 2.05) is 18.2 Å². The summed E-state index contributed by atoms with van der Waals surface area (Å²) in [4.78, 5) is 10.3. The summed E-state index contributed by atoms with van der Waals surface area (Å²) < 4.78 is 0. The molecular formula is C22H28O2. The lowest BCUT2D eigenvalue weighted by molar-refractivity contribution is -0.136. The van der Waals surface area contributed by atoms with Crippen LogP contribution >= 0.6 is 0 Å². The molecule has 0 saturated carbocycles. The topological polar surface area (TPSA) is 37.3 Å². The van der Waals surface area contributed by atoms with Crippen LogP contribution in [0.2, 0.25) is 0 Å². The molecule has 0 aromatic carbocycles. The molecule has 0 atom stereocenters. The average Bonchev–Trinajstić information content (AvgIpc) is 2.56. The molecule has 24 heavy (non-hydrogen) atoms. The van der Waals surface area contributed by atoms with Crippen LogP contribution in [0.5, 0.6) is 0 Å². The molecule has 0 saturated heterocycles. The molecule has 0 aliphatic heterocycles. The highest BCUT2D eigenvalue weighted by molar-refractivity contribution is 5.66. The zero-order valence-corrected chi connectivity index (χ0v) is 14.3. The van der Waals surface area contributed by atoms with E-state index in [0.29, 0.717) is 6.42 Å². The van der Waals surface area contributed by atoms with Gasteiger partial charge in [0.2, 0.25) is 0 Å². The molecule has 2 nitrogen and oxygen atoms in total. The number of rotatable bonds is 13. The summed E-state index contributed by atoms with van der Waals surface area (Å²) in [6, 6.07) is 0. The Hall–Kier alpha value is -2.53. The van der Waals surface area contributed by atoms with Crippen molar-refractivity contribution in [3.8, 4) is 12.3 Å². The molecule has 0 aliphatic rings. The predicted molar refractivity (Wildman–Crippen MR) is 104 cm³/mol. The lowest BCUT2D eigenvalue weighted by atomic mass is 10.2.